The summed E-state index contributed by atoms with van der Waals surface area (Å²) in [5.41, 5.74) is 3.29. The summed E-state index contributed by atoms with van der Waals surface area (Å²) in [5, 5.41) is 6.43. The summed E-state index contributed by atoms with van der Waals surface area (Å²) in [6.45, 7) is 8.73. The number of thiophene rings is 1. The highest BCUT2D eigenvalue weighted by Gasteiger charge is 2.24. The average Bonchev–Trinajstić information content (AvgIpc) is 3.45. The molecule has 3 aromatic carbocycles. The predicted molar refractivity (Wildman–Crippen MR) is 201 cm³/mol. The highest BCUT2D eigenvalue weighted by Crippen LogP contribution is 2.32. The second-order valence-corrected chi connectivity index (χ2v) is 12.8. The monoisotopic (exact) mass is 714 g/mol. The highest BCUT2D eigenvalue weighted by molar-refractivity contribution is 7.18. The molecule has 5 aromatic rings. The van der Waals surface area contributed by atoms with Crippen molar-refractivity contribution in [3.63, 3.8) is 0 Å². The zero-order chi connectivity index (χ0) is 29.9. The number of hydrogen-bond donors (Lipinski definition) is 1. The molecule has 0 bridgehead atoms. The van der Waals surface area contributed by atoms with Crippen LogP contribution in [0.1, 0.15) is 27.2 Å². The zero-order valence-corrected chi connectivity index (χ0v) is 29.4. The van der Waals surface area contributed by atoms with Crippen LogP contribution in [-0.4, -0.2) is 77.6 Å². The standard InChI is InChI=1S/C35H38N6O2S.3ClH/c42-33(27-9-2-1-3-10-27)36-15-7-16-39-17-14-29-31(24-39)44-34-32(29)35(43)41(25-37-34)23-20-38-18-21-40(22-19-38)30-13-6-11-26-8-4-5-12-28(26)30;;;/h1-6,8-13,25H,7,14-24H2,(H,36,42);3*1H. The highest BCUT2D eigenvalue weighted by atomic mass is 35.5. The van der Waals surface area contributed by atoms with Gasteiger partial charge in [-0.3, -0.25) is 24.0 Å². The molecule has 2 aromatic heterocycles. The Morgan fingerprint density at radius 3 is 2.36 bits per heavy atom. The van der Waals surface area contributed by atoms with Gasteiger partial charge in [-0.15, -0.1) is 48.6 Å². The van der Waals surface area contributed by atoms with Gasteiger partial charge in [0.15, 0.2) is 0 Å². The Kier molecular flexibility index (Phi) is 13.1. The molecule has 0 atom stereocenters. The number of anilines is 1. The first-order valence-electron chi connectivity index (χ1n) is 15.6. The van der Waals surface area contributed by atoms with Crippen molar-refractivity contribution in [3.05, 3.63) is 105 Å². The molecule has 0 spiro atoms. The van der Waals surface area contributed by atoms with Gasteiger partial charge in [0.25, 0.3) is 11.5 Å². The largest absolute Gasteiger partial charge is 0.368 e. The third-order valence-electron chi connectivity index (χ3n) is 9.02. The van der Waals surface area contributed by atoms with Crippen LogP contribution >= 0.6 is 48.6 Å². The summed E-state index contributed by atoms with van der Waals surface area (Å²) in [7, 11) is 0. The fourth-order valence-corrected chi connectivity index (χ4v) is 7.78. The van der Waals surface area contributed by atoms with Crippen LogP contribution in [0.3, 0.4) is 0 Å². The summed E-state index contributed by atoms with van der Waals surface area (Å²) >= 11 is 1.66. The van der Waals surface area contributed by atoms with Gasteiger partial charge in [-0.05, 0) is 42.0 Å². The number of halogens is 3. The van der Waals surface area contributed by atoms with Crippen LogP contribution in [0.25, 0.3) is 21.0 Å². The van der Waals surface area contributed by atoms with Crippen molar-refractivity contribution in [1.29, 1.82) is 0 Å². The van der Waals surface area contributed by atoms with E-state index in [1.54, 1.807) is 17.7 Å². The number of fused-ring (bicyclic) bond motifs is 4. The number of aromatic nitrogens is 2. The number of amides is 1. The molecule has 0 saturated carbocycles. The number of nitrogens with one attached hydrogen (secondary N) is 1. The first-order valence-corrected chi connectivity index (χ1v) is 16.5. The van der Waals surface area contributed by atoms with Gasteiger partial charge >= 0.3 is 0 Å². The molecule has 2 aliphatic rings. The Morgan fingerprint density at radius 1 is 0.809 bits per heavy atom. The number of piperazine rings is 1. The van der Waals surface area contributed by atoms with E-state index in [1.807, 2.05) is 34.9 Å². The van der Waals surface area contributed by atoms with Crippen molar-refractivity contribution in [1.82, 2.24) is 24.7 Å². The van der Waals surface area contributed by atoms with E-state index in [1.165, 1.54) is 26.9 Å². The van der Waals surface area contributed by atoms with Crippen LogP contribution in [0.5, 0.6) is 0 Å². The van der Waals surface area contributed by atoms with Gasteiger partial charge in [-0.25, -0.2) is 4.98 Å². The minimum absolute atomic E-state index is 0. The molecular weight excluding hydrogens is 675 g/mol. The molecule has 1 amide bonds. The molecule has 2 aliphatic heterocycles. The summed E-state index contributed by atoms with van der Waals surface area (Å²) < 4.78 is 1.81. The number of benzene rings is 3. The minimum Gasteiger partial charge on any atom is -0.368 e. The van der Waals surface area contributed by atoms with Crippen LogP contribution in [0, 0.1) is 0 Å². The lowest BCUT2D eigenvalue weighted by atomic mass is 10.1. The molecule has 1 N–H and O–H groups in total. The fourth-order valence-electron chi connectivity index (χ4n) is 6.56. The number of carbonyl (C=O) groups is 1. The third kappa shape index (κ3) is 8.11. The molecule has 250 valence electrons. The maximum atomic E-state index is 13.6. The van der Waals surface area contributed by atoms with Crippen molar-refractivity contribution >= 4 is 81.1 Å². The summed E-state index contributed by atoms with van der Waals surface area (Å²) in [4.78, 5) is 40.1. The van der Waals surface area contributed by atoms with Gasteiger partial charge < -0.3 is 10.2 Å². The first kappa shape index (κ1) is 36.7. The maximum absolute atomic E-state index is 13.6. The molecular formula is C35H41Cl3N6O2S. The number of hydrogen-bond acceptors (Lipinski definition) is 7. The van der Waals surface area contributed by atoms with Crippen molar-refractivity contribution < 1.29 is 4.79 Å². The second-order valence-electron chi connectivity index (χ2n) is 11.8. The van der Waals surface area contributed by atoms with Crippen LogP contribution in [0.2, 0.25) is 0 Å². The molecule has 0 radical (unpaired) electrons. The SMILES string of the molecule is Cl.Cl.Cl.O=C(NCCCN1CCc2c(sc3ncn(CCN4CCN(c5cccc6ccccc56)CC4)c(=O)c23)C1)c1ccccc1. The van der Waals surface area contributed by atoms with Crippen LogP contribution in [-0.2, 0) is 19.5 Å². The van der Waals surface area contributed by atoms with Gasteiger partial charge in [0, 0.05) is 87.0 Å². The van der Waals surface area contributed by atoms with E-state index in [0.29, 0.717) is 18.7 Å². The minimum atomic E-state index is -0.0263. The number of carbonyl (C=O) groups excluding carboxylic acids is 1. The lowest BCUT2D eigenvalue weighted by Crippen LogP contribution is -2.47. The summed E-state index contributed by atoms with van der Waals surface area (Å²) in [6.07, 6.45) is 3.50. The summed E-state index contributed by atoms with van der Waals surface area (Å²) in [5.74, 6) is -0.0263. The maximum Gasteiger partial charge on any atom is 0.262 e. The van der Waals surface area contributed by atoms with E-state index >= 15 is 0 Å². The average molecular weight is 716 g/mol. The molecule has 0 aliphatic carbocycles. The molecule has 8 nitrogen and oxygen atoms in total. The Balaban J connectivity index is 0.00000167. The predicted octanol–water partition coefficient (Wildman–Crippen LogP) is 5.88. The Labute approximate surface area is 298 Å². The molecule has 4 heterocycles. The normalized spacial score (nSPS) is 14.9. The van der Waals surface area contributed by atoms with Crippen LogP contribution in [0.15, 0.2) is 83.9 Å². The molecule has 1 saturated heterocycles. The van der Waals surface area contributed by atoms with E-state index in [-0.39, 0.29) is 48.7 Å². The van der Waals surface area contributed by atoms with Gasteiger partial charge in [0.2, 0.25) is 0 Å². The molecule has 12 heteroatoms. The van der Waals surface area contributed by atoms with Crippen LogP contribution in [0.4, 0.5) is 5.69 Å². The Hall–Kier alpha value is -3.18. The smallest absolute Gasteiger partial charge is 0.262 e. The van der Waals surface area contributed by atoms with E-state index < -0.39 is 0 Å². The quantitative estimate of drug-likeness (QED) is 0.193. The van der Waals surface area contributed by atoms with Crippen LogP contribution < -0.4 is 15.8 Å². The van der Waals surface area contributed by atoms with Gasteiger partial charge in [0.05, 0.1) is 11.7 Å². The van der Waals surface area contributed by atoms with E-state index in [0.717, 1.165) is 75.4 Å². The topological polar surface area (TPSA) is 73.7 Å². The third-order valence-corrected chi connectivity index (χ3v) is 10.1. The van der Waals surface area contributed by atoms with E-state index in [2.05, 4.69) is 62.5 Å². The molecule has 47 heavy (non-hydrogen) atoms. The van der Waals surface area contributed by atoms with Gasteiger partial charge in [0.1, 0.15) is 4.83 Å². The molecule has 0 unspecified atom stereocenters. The van der Waals surface area contributed by atoms with Crippen molar-refractivity contribution in [2.45, 2.75) is 25.9 Å². The zero-order valence-electron chi connectivity index (χ0n) is 26.2. The van der Waals surface area contributed by atoms with E-state index in [9.17, 15) is 9.59 Å². The second kappa shape index (κ2) is 16.8. The lowest BCUT2D eigenvalue weighted by molar-refractivity contribution is 0.0951. The summed E-state index contributed by atoms with van der Waals surface area (Å²) in [6, 6.07) is 24.5. The van der Waals surface area contributed by atoms with Crippen molar-refractivity contribution in [2.75, 3.05) is 57.3 Å². The molecule has 1 fully saturated rings. The lowest BCUT2D eigenvalue weighted by Gasteiger charge is -2.36. The molecule has 7 rings (SSSR count). The number of nitrogens with zero attached hydrogens (tertiary/aromatic N) is 5. The first-order chi connectivity index (χ1) is 21.6. The van der Waals surface area contributed by atoms with Crippen molar-refractivity contribution in [3.8, 4) is 0 Å². The Bertz CT molecular complexity index is 1840. The van der Waals surface area contributed by atoms with Gasteiger partial charge in [-0.1, -0.05) is 54.6 Å². The van der Waals surface area contributed by atoms with Crippen molar-refractivity contribution in [2.24, 2.45) is 0 Å². The Morgan fingerprint density at radius 2 is 1.55 bits per heavy atom. The van der Waals surface area contributed by atoms with Gasteiger partial charge in [-0.2, -0.15) is 0 Å². The fraction of sp³-hybridized carbons (Fsp3) is 0.343. The number of rotatable bonds is 9. The van der Waals surface area contributed by atoms with E-state index in [4.69, 9.17) is 4.98 Å².